The van der Waals surface area contributed by atoms with Crippen molar-refractivity contribution in [2.24, 2.45) is 5.73 Å². The molecule has 6 aromatic rings. The Kier molecular flexibility index (Phi) is 18.3. The Balaban J connectivity index is 0.000000249. The Morgan fingerprint density at radius 1 is 0.657 bits per heavy atom. The maximum atomic E-state index is 13.5. The molecule has 0 radical (unpaired) electrons. The molecular weight excluding hydrogens is 973 g/mol. The highest BCUT2D eigenvalue weighted by molar-refractivity contribution is 6.45. The van der Waals surface area contributed by atoms with Gasteiger partial charge in [-0.2, -0.15) is 0 Å². The number of halogens is 5. The van der Waals surface area contributed by atoms with E-state index in [2.05, 4.69) is 40.8 Å². The minimum absolute atomic E-state index is 0. The van der Waals surface area contributed by atoms with Crippen molar-refractivity contribution in [1.82, 2.24) is 44.9 Å². The summed E-state index contributed by atoms with van der Waals surface area (Å²) < 4.78 is 26.4. The second-order valence-electron chi connectivity index (χ2n) is 16.8. The number of nitrogens with one attached hydrogen (secondary N) is 3. The first-order valence-electron chi connectivity index (χ1n) is 21.9. The van der Waals surface area contributed by atoms with E-state index in [0.717, 1.165) is 11.1 Å². The highest BCUT2D eigenvalue weighted by Crippen LogP contribution is 2.29. The molecule has 2 aliphatic rings. The summed E-state index contributed by atoms with van der Waals surface area (Å²) in [7, 11) is 2.87. The lowest BCUT2D eigenvalue weighted by atomic mass is 10.1. The number of H-pyrrole nitrogens is 2. The maximum absolute atomic E-state index is 13.5. The second kappa shape index (κ2) is 23.5. The zero-order valence-corrected chi connectivity index (χ0v) is 41.4. The quantitative estimate of drug-likeness (QED) is 0.0745. The van der Waals surface area contributed by atoms with Crippen molar-refractivity contribution in [2.45, 2.75) is 65.0 Å². The van der Waals surface area contributed by atoms with E-state index < -0.39 is 29.4 Å². The van der Waals surface area contributed by atoms with Crippen LogP contribution in [0.3, 0.4) is 0 Å². The van der Waals surface area contributed by atoms with Crippen LogP contribution in [0.2, 0.25) is 10.0 Å². The number of rotatable bonds is 10. The van der Waals surface area contributed by atoms with Crippen LogP contribution in [0.5, 0.6) is 0 Å². The van der Waals surface area contributed by atoms with Crippen LogP contribution < -0.4 is 11.1 Å². The number of carboxylic acid groups (broad SMARTS) is 1. The predicted octanol–water partition coefficient (Wildman–Crippen LogP) is 6.37. The van der Waals surface area contributed by atoms with Gasteiger partial charge in [-0.3, -0.25) is 33.8 Å². The topological polar surface area (TPSA) is 231 Å². The standard InChI is InChI=1S/C24H25ClFN5O3.C23H22ClFN4O4.CH5N.ClH/c1-13-11-31(14(2)10-30(13)12-15-4-6-16(26)7-5-15)24(34)21-18(25)8-19-20(29-21)17(9-28-19)22(32)23(33)27-3;1-12-10-29(13(2)9-28(12)11-14-3-5-15(25)6-4-14)22(31)20-17(24)7-18-19(27-20)16(8-26-18)21(30)23(32)33;1-2;/h4-9,13-14,28H,10-12H2,1-3H3,(H,27,33);3-8,12-13,26H,9-11H2,1-2H3,(H,32,33);2H2,1H3;1H/t13-,14+;12-,13+;;/m00../s1. The normalized spacial score (nSPS) is 18.2. The van der Waals surface area contributed by atoms with Crippen molar-refractivity contribution in [1.29, 1.82) is 0 Å². The number of amides is 3. The molecular formula is C48H53Cl3F2N10O7. The van der Waals surface area contributed by atoms with E-state index in [0.29, 0.717) is 50.3 Å². The molecule has 2 aromatic carbocycles. The Bertz CT molecular complexity index is 2900. The third-order valence-corrected chi connectivity index (χ3v) is 12.7. The molecule has 3 amide bonds. The van der Waals surface area contributed by atoms with Crippen LogP contribution in [0.15, 0.2) is 73.1 Å². The fourth-order valence-corrected chi connectivity index (χ4v) is 8.83. The summed E-state index contributed by atoms with van der Waals surface area (Å²) in [6.07, 6.45) is 2.64. The third kappa shape index (κ3) is 12.0. The number of carboxylic acids is 1. The first-order chi connectivity index (χ1) is 32.8. The average Bonchev–Trinajstić information content (AvgIpc) is 3.94. The van der Waals surface area contributed by atoms with Crippen LogP contribution in [-0.2, 0) is 22.7 Å². The van der Waals surface area contributed by atoms with Crippen molar-refractivity contribution >= 4 is 92.9 Å². The maximum Gasteiger partial charge on any atom is 0.377 e. The number of pyridine rings is 2. The number of piperazine rings is 2. The summed E-state index contributed by atoms with van der Waals surface area (Å²) >= 11 is 12.7. The molecule has 4 aromatic heterocycles. The van der Waals surface area contributed by atoms with Gasteiger partial charge in [0.1, 0.15) is 34.1 Å². The van der Waals surface area contributed by atoms with Gasteiger partial charge < -0.3 is 35.9 Å². The Morgan fingerprint density at radius 3 is 1.39 bits per heavy atom. The molecule has 0 spiro atoms. The fraction of sp³-hybridized carbons (Fsp3) is 0.333. The Morgan fingerprint density at radius 2 is 1.03 bits per heavy atom. The smallest absolute Gasteiger partial charge is 0.377 e. The largest absolute Gasteiger partial charge is 0.475 e. The molecule has 17 nitrogen and oxygen atoms in total. The first-order valence-corrected chi connectivity index (χ1v) is 22.7. The lowest BCUT2D eigenvalue weighted by Gasteiger charge is -2.44. The molecule has 70 heavy (non-hydrogen) atoms. The molecule has 0 unspecified atom stereocenters. The van der Waals surface area contributed by atoms with E-state index >= 15 is 0 Å². The summed E-state index contributed by atoms with van der Waals surface area (Å²) in [6, 6.07) is 15.5. The number of aliphatic carboxylic acids is 1. The number of hydrogen-bond donors (Lipinski definition) is 5. The summed E-state index contributed by atoms with van der Waals surface area (Å²) in [5, 5.41) is 11.6. The molecule has 372 valence electrons. The molecule has 0 aliphatic carbocycles. The summed E-state index contributed by atoms with van der Waals surface area (Å²) in [5.41, 5.74) is 7.55. The van der Waals surface area contributed by atoms with Crippen LogP contribution in [0.4, 0.5) is 8.78 Å². The molecule has 2 fully saturated rings. The van der Waals surface area contributed by atoms with E-state index in [9.17, 15) is 37.5 Å². The molecule has 22 heteroatoms. The number of Topliss-reactive ketones (excluding diaryl/α,β-unsaturated/α-hetero) is 2. The third-order valence-electron chi connectivity index (χ3n) is 12.1. The molecule has 6 heterocycles. The second-order valence-corrected chi connectivity index (χ2v) is 17.6. The fourth-order valence-electron chi connectivity index (χ4n) is 8.37. The number of ketones is 2. The summed E-state index contributed by atoms with van der Waals surface area (Å²) in [5.74, 6) is -5.54. The number of carbonyl (C=O) groups is 6. The number of benzene rings is 2. The number of carbonyl (C=O) groups excluding carboxylic acids is 5. The molecule has 0 bridgehead atoms. The van der Waals surface area contributed by atoms with Gasteiger partial charge >= 0.3 is 5.97 Å². The molecule has 8 rings (SSSR count). The lowest BCUT2D eigenvalue weighted by Crippen LogP contribution is -2.57. The molecule has 2 saturated heterocycles. The number of fused-ring (bicyclic) bond motifs is 2. The minimum atomic E-state index is -1.61. The average molecular weight is 1030 g/mol. The molecule has 0 saturated carbocycles. The number of nitrogens with zero attached hydrogens (tertiary/aromatic N) is 6. The van der Waals surface area contributed by atoms with Gasteiger partial charge in [-0.1, -0.05) is 47.5 Å². The van der Waals surface area contributed by atoms with Crippen molar-refractivity contribution in [3.05, 3.63) is 128 Å². The number of aromatic amines is 2. The van der Waals surface area contributed by atoms with Gasteiger partial charge in [-0.05, 0) is 82.3 Å². The predicted molar refractivity (Wildman–Crippen MR) is 263 cm³/mol. The number of nitrogens with two attached hydrogens (primary N) is 1. The van der Waals surface area contributed by atoms with Crippen molar-refractivity contribution in [3.8, 4) is 0 Å². The number of likely N-dealkylation sites (N-methyl/N-ethyl adjacent to an activating group) is 1. The van der Waals surface area contributed by atoms with Gasteiger partial charge in [0.05, 0.1) is 32.2 Å². The van der Waals surface area contributed by atoms with Crippen molar-refractivity contribution in [3.63, 3.8) is 0 Å². The minimum Gasteiger partial charge on any atom is -0.475 e. The first kappa shape index (κ1) is 54.6. The van der Waals surface area contributed by atoms with Crippen LogP contribution in [0.25, 0.3) is 22.1 Å². The van der Waals surface area contributed by atoms with E-state index in [4.69, 9.17) is 28.3 Å². The highest BCUT2D eigenvalue weighted by Gasteiger charge is 2.36. The van der Waals surface area contributed by atoms with Crippen LogP contribution in [0.1, 0.15) is 80.5 Å². The summed E-state index contributed by atoms with van der Waals surface area (Å²) in [6.45, 7) is 11.3. The Hall–Kier alpha value is -6.35. The zero-order valence-electron chi connectivity index (χ0n) is 39.1. The molecule has 6 N–H and O–H groups in total. The number of aromatic nitrogens is 4. The van der Waals surface area contributed by atoms with E-state index in [1.165, 1.54) is 62.9 Å². The SMILES string of the molecule is CN.CNC(=O)C(=O)c1c[nH]c2cc(Cl)c(C(=O)N3C[C@H](C)N(Cc4ccc(F)cc4)C[C@H]3C)nc12.C[C@@H]1CN(Cc2ccc(F)cc2)[C@@H](C)CN1C(=O)c1nc2c(C(=O)C(=O)O)c[nH]c2cc1Cl.Cl. The van der Waals surface area contributed by atoms with Crippen LogP contribution in [-0.4, -0.2) is 144 Å². The highest BCUT2D eigenvalue weighted by atomic mass is 35.5. The zero-order chi connectivity index (χ0) is 50.4. The van der Waals surface area contributed by atoms with Gasteiger partial charge in [0.25, 0.3) is 29.3 Å². The van der Waals surface area contributed by atoms with Gasteiger partial charge in [0, 0.05) is 82.9 Å². The van der Waals surface area contributed by atoms with E-state index in [-0.39, 0.29) is 97.7 Å². The van der Waals surface area contributed by atoms with E-state index in [1.54, 1.807) is 34.1 Å². The van der Waals surface area contributed by atoms with Crippen molar-refractivity contribution < 1.29 is 42.7 Å². The van der Waals surface area contributed by atoms with Crippen molar-refractivity contribution in [2.75, 3.05) is 40.3 Å². The molecule has 2 aliphatic heterocycles. The lowest BCUT2D eigenvalue weighted by molar-refractivity contribution is -0.131. The van der Waals surface area contributed by atoms with Crippen LogP contribution >= 0.6 is 35.6 Å². The van der Waals surface area contributed by atoms with Gasteiger partial charge in [-0.15, -0.1) is 12.4 Å². The Labute approximate surface area is 418 Å². The number of hydrogen-bond acceptors (Lipinski definition) is 11. The summed E-state index contributed by atoms with van der Waals surface area (Å²) in [4.78, 5) is 96.3. The van der Waals surface area contributed by atoms with Gasteiger partial charge in [-0.25, -0.2) is 23.5 Å². The van der Waals surface area contributed by atoms with Crippen LogP contribution in [0, 0.1) is 11.6 Å². The van der Waals surface area contributed by atoms with E-state index in [1.807, 2.05) is 27.7 Å². The van der Waals surface area contributed by atoms with Gasteiger partial charge in [0.15, 0.2) is 0 Å². The van der Waals surface area contributed by atoms with Gasteiger partial charge in [0.2, 0.25) is 0 Å². The molecule has 4 atom stereocenters. The monoisotopic (exact) mass is 1020 g/mol.